The van der Waals surface area contributed by atoms with Gasteiger partial charge in [0.15, 0.2) is 0 Å². The van der Waals surface area contributed by atoms with Crippen LogP contribution in [0, 0.1) is 11.8 Å². The number of unbranched alkanes of at least 4 members (excludes halogenated alkanes) is 1. The fourth-order valence-corrected chi connectivity index (χ4v) is 2.29. The molecule has 6 nitrogen and oxygen atoms in total. The fraction of sp³-hybridized carbons (Fsp3) is 0.833. The number of thiol groups is 1. The SMILES string of the molecule is CCCCC(CC)CC(CC(=O)[O-])C(=O)O[SH](=O)=O.[Na+]. The monoisotopic (exact) mass is 316 g/mol. The Bertz CT molecular complexity index is 361. The van der Waals surface area contributed by atoms with Gasteiger partial charge >= 0.3 is 46.5 Å². The largest absolute Gasteiger partial charge is 1.00 e. The van der Waals surface area contributed by atoms with Crippen LogP contribution in [0.15, 0.2) is 0 Å². The van der Waals surface area contributed by atoms with E-state index >= 15 is 0 Å². The van der Waals surface area contributed by atoms with Crippen molar-refractivity contribution in [3.05, 3.63) is 0 Å². The third-order valence-corrected chi connectivity index (χ3v) is 3.40. The standard InChI is InChI=1S/C12H22O6S.Na/c1-3-5-6-9(4-2)7-10(8-11(13)14)12(15)18-19(16)17;/h9-10,19H,3-8H2,1-2H3,(H,13,14);/q;+1/p-1. The van der Waals surface area contributed by atoms with Crippen LogP contribution in [0.5, 0.6) is 0 Å². The summed E-state index contributed by atoms with van der Waals surface area (Å²) >= 11 is 0. The molecular weight excluding hydrogens is 295 g/mol. The molecule has 8 heteroatoms. The Morgan fingerprint density at radius 1 is 1.25 bits per heavy atom. The second-order valence-electron chi connectivity index (χ2n) is 4.56. The van der Waals surface area contributed by atoms with Gasteiger partial charge in [0, 0.05) is 12.4 Å². The summed E-state index contributed by atoms with van der Waals surface area (Å²) in [5.74, 6) is -3.16. The zero-order chi connectivity index (χ0) is 14.8. The van der Waals surface area contributed by atoms with Crippen molar-refractivity contribution in [3.8, 4) is 0 Å². The molecule has 0 spiro atoms. The molecule has 0 aromatic heterocycles. The molecule has 112 valence electrons. The molecule has 20 heavy (non-hydrogen) atoms. The van der Waals surface area contributed by atoms with Gasteiger partial charge in [0.2, 0.25) is 0 Å². The van der Waals surface area contributed by atoms with Crippen LogP contribution in [0.25, 0.3) is 0 Å². The minimum Gasteiger partial charge on any atom is -0.550 e. The van der Waals surface area contributed by atoms with Crippen molar-refractivity contribution < 1.29 is 56.9 Å². The first-order valence-electron chi connectivity index (χ1n) is 6.46. The number of carboxylic acids is 1. The van der Waals surface area contributed by atoms with Gasteiger partial charge in [-0.25, -0.2) is 0 Å². The molecule has 0 aromatic rings. The van der Waals surface area contributed by atoms with Crippen molar-refractivity contribution in [2.45, 2.75) is 52.4 Å². The van der Waals surface area contributed by atoms with Crippen LogP contribution in [0.2, 0.25) is 0 Å². The Hall–Kier alpha value is -0.110. The molecule has 0 aromatic carbocycles. The van der Waals surface area contributed by atoms with Gasteiger partial charge in [0.25, 0.3) is 0 Å². The van der Waals surface area contributed by atoms with Gasteiger partial charge in [-0.15, -0.1) is 0 Å². The molecule has 0 amide bonds. The summed E-state index contributed by atoms with van der Waals surface area (Å²) in [5, 5.41) is 10.6. The van der Waals surface area contributed by atoms with Crippen molar-refractivity contribution in [1.29, 1.82) is 0 Å². The van der Waals surface area contributed by atoms with Crippen molar-refractivity contribution in [1.82, 2.24) is 0 Å². The number of hydrogen-bond donors (Lipinski definition) is 1. The van der Waals surface area contributed by atoms with Gasteiger partial charge in [0.1, 0.15) is 0 Å². The average molecular weight is 316 g/mol. The van der Waals surface area contributed by atoms with Crippen molar-refractivity contribution in [2.75, 3.05) is 0 Å². The van der Waals surface area contributed by atoms with E-state index in [9.17, 15) is 23.1 Å². The second kappa shape index (κ2) is 12.6. The third kappa shape index (κ3) is 10.7. The Labute approximate surface area is 143 Å². The first kappa shape index (κ1) is 22.2. The van der Waals surface area contributed by atoms with E-state index in [2.05, 4.69) is 4.18 Å². The topological polar surface area (TPSA) is 101 Å². The van der Waals surface area contributed by atoms with Crippen LogP contribution >= 0.6 is 0 Å². The number of carboxylic acid groups (broad SMARTS) is 1. The van der Waals surface area contributed by atoms with Crippen molar-refractivity contribution in [2.24, 2.45) is 11.8 Å². The summed E-state index contributed by atoms with van der Waals surface area (Å²) in [6.07, 6.45) is 3.49. The van der Waals surface area contributed by atoms with Crippen molar-refractivity contribution in [3.63, 3.8) is 0 Å². The predicted octanol–water partition coefficient (Wildman–Crippen LogP) is -2.58. The molecule has 0 N–H and O–H groups in total. The van der Waals surface area contributed by atoms with Crippen LogP contribution in [-0.2, 0) is 24.8 Å². The van der Waals surface area contributed by atoms with Gasteiger partial charge in [-0.2, -0.15) is 8.42 Å². The minimum atomic E-state index is -3.30. The van der Waals surface area contributed by atoms with E-state index in [1.807, 2.05) is 13.8 Å². The van der Waals surface area contributed by atoms with E-state index in [0.29, 0.717) is 6.42 Å². The number of aliphatic carboxylic acids is 1. The smallest absolute Gasteiger partial charge is 0.550 e. The summed E-state index contributed by atoms with van der Waals surface area (Å²) in [7, 11) is -3.30. The zero-order valence-corrected chi connectivity index (χ0v) is 15.2. The maximum absolute atomic E-state index is 11.5. The molecule has 0 aliphatic heterocycles. The molecule has 0 saturated carbocycles. The molecule has 2 unspecified atom stereocenters. The van der Waals surface area contributed by atoms with Crippen molar-refractivity contribution >= 4 is 22.9 Å². The molecular formula is C12H21NaO6S. The van der Waals surface area contributed by atoms with E-state index in [0.717, 1.165) is 25.7 Å². The Balaban J connectivity index is 0. The van der Waals surface area contributed by atoms with Gasteiger partial charge in [-0.1, -0.05) is 39.5 Å². The number of carbonyl (C=O) groups excluding carboxylic acids is 2. The molecule has 0 heterocycles. The molecule has 0 radical (unpaired) electrons. The summed E-state index contributed by atoms with van der Waals surface area (Å²) in [6, 6.07) is 0. The maximum atomic E-state index is 11.5. The summed E-state index contributed by atoms with van der Waals surface area (Å²) in [4.78, 5) is 22.1. The molecule has 0 aliphatic carbocycles. The number of rotatable bonds is 10. The normalized spacial score (nSPS) is 13.3. The zero-order valence-electron chi connectivity index (χ0n) is 12.3. The molecule has 0 rings (SSSR count). The van der Waals surface area contributed by atoms with Crippen LogP contribution < -0.4 is 34.7 Å². The fourth-order valence-electron chi connectivity index (χ4n) is 2.00. The van der Waals surface area contributed by atoms with Crippen LogP contribution in [0.4, 0.5) is 0 Å². The molecule has 0 fully saturated rings. The maximum Gasteiger partial charge on any atom is 1.00 e. The van der Waals surface area contributed by atoms with Gasteiger partial charge in [-0.05, 0) is 12.3 Å². The number of hydrogen-bond acceptors (Lipinski definition) is 6. The molecule has 2 atom stereocenters. The summed E-state index contributed by atoms with van der Waals surface area (Å²) in [5.41, 5.74) is 0. The first-order valence-corrected chi connectivity index (χ1v) is 7.56. The molecule has 0 aliphatic rings. The molecule has 0 saturated heterocycles. The summed E-state index contributed by atoms with van der Waals surface area (Å²) in [6.45, 7) is 4.00. The molecule has 0 bridgehead atoms. The van der Waals surface area contributed by atoms with E-state index < -0.39 is 35.3 Å². The summed E-state index contributed by atoms with van der Waals surface area (Å²) < 4.78 is 24.8. The van der Waals surface area contributed by atoms with Crippen LogP contribution in [-0.4, -0.2) is 20.4 Å². The van der Waals surface area contributed by atoms with Gasteiger partial charge in [-0.3, -0.25) is 4.79 Å². The van der Waals surface area contributed by atoms with E-state index in [1.165, 1.54) is 0 Å². The van der Waals surface area contributed by atoms with Gasteiger partial charge < -0.3 is 14.1 Å². The van der Waals surface area contributed by atoms with E-state index in [1.54, 1.807) is 0 Å². The second-order valence-corrected chi connectivity index (χ2v) is 5.19. The quantitative estimate of drug-likeness (QED) is 0.351. The minimum absolute atomic E-state index is 0. The predicted molar refractivity (Wildman–Crippen MR) is 67.4 cm³/mol. The van der Waals surface area contributed by atoms with Crippen LogP contribution in [0.3, 0.4) is 0 Å². The van der Waals surface area contributed by atoms with Gasteiger partial charge in [0.05, 0.1) is 5.92 Å². The van der Waals surface area contributed by atoms with Crippen LogP contribution in [0.1, 0.15) is 52.4 Å². The van der Waals surface area contributed by atoms with E-state index in [4.69, 9.17) is 0 Å². The van der Waals surface area contributed by atoms with E-state index in [-0.39, 0.29) is 35.5 Å². The Kier molecular flexibility index (Phi) is 14.0. The Morgan fingerprint density at radius 3 is 2.25 bits per heavy atom. The first-order chi connectivity index (χ1) is 8.90. The number of carbonyl (C=O) groups is 2. The Morgan fingerprint density at radius 2 is 1.85 bits per heavy atom. The average Bonchev–Trinajstić information content (AvgIpc) is 2.31. The third-order valence-electron chi connectivity index (χ3n) is 3.07.